The number of aliphatic hydroxyl groups excluding tert-OH is 1. The molecule has 3 fully saturated rings. The van der Waals surface area contributed by atoms with Crippen LogP contribution in [0.2, 0.25) is 0 Å². The van der Waals surface area contributed by atoms with Crippen LogP contribution in [0.15, 0.2) is 73.4 Å². The van der Waals surface area contributed by atoms with Gasteiger partial charge in [0.1, 0.15) is 18.7 Å². The Morgan fingerprint density at radius 3 is 2.56 bits per heavy atom. The number of hydrogen-bond acceptors (Lipinski definition) is 2. The third-order valence-electron chi connectivity index (χ3n) is 7.82. The molecule has 3 aromatic rings. The van der Waals surface area contributed by atoms with Gasteiger partial charge in [0.2, 0.25) is 0 Å². The van der Waals surface area contributed by atoms with Crippen LogP contribution in [0, 0.1) is 11.8 Å². The molecule has 3 nitrogen and oxygen atoms in total. The molecule has 4 heterocycles. The third kappa shape index (κ3) is 4.35. The highest BCUT2D eigenvalue weighted by molar-refractivity contribution is 5.82. The number of para-hydroxylation sites is 1. The van der Waals surface area contributed by atoms with Gasteiger partial charge in [-0.2, -0.15) is 13.2 Å². The van der Waals surface area contributed by atoms with E-state index in [1.54, 1.807) is 18.3 Å². The van der Waals surface area contributed by atoms with Crippen molar-refractivity contribution in [1.29, 1.82) is 0 Å². The van der Waals surface area contributed by atoms with E-state index in [2.05, 4.69) is 11.6 Å². The number of quaternary nitrogens is 1. The zero-order valence-electron chi connectivity index (χ0n) is 18.8. The minimum atomic E-state index is -4.34. The van der Waals surface area contributed by atoms with Crippen molar-refractivity contribution in [3.8, 4) is 0 Å². The highest BCUT2D eigenvalue weighted by atomic mass is 35.5. The molecule has 1 N–H and O–H groups in total. The summed E-state index contributed by atoms with van der Waals surface area (Å²) < 4.78 is 39.8. The molecule has 2 bridgehead atoms. The Bertz CT molecular complexity index is 1160. The Kier molecular flexibility index (Phi) is 6.78. The zero-order valence-corrected chi connectivity index (χ0v) is 19.5. The average molecular weight is 489 g/mol. The van der Waals surface area contributed by atoms with E-state index in [9.17, 15) is 18.3 Å². The number of aromatic nitrogens is 1. The Morgan fingerprint density at radius 1 is 1.12 bits per heavy atom. The van der Waals surface area contributed by atoms with Crippen LogP contribution in [0.1, 0.15) is 35.6 Å². The molecule has 2 aromatic carbocycles. The van der Waals surface area contributed by atoms with E-state index in [-0.39, 0.29) is 18.4 Å². The van der Waals surface area contributed by atoms with E-state index >= 15 is 0 Å². The average Bonchev–Trinajstić information content (AvgIpc) is 2.83. The fourth-order valence-corrected chi connectivity index (χ4v) is 6.13. The maximum atomic E-state index is 13.1. The number of halogens is 4. The zero-order chi connectivity index (χ0) is 23.2. The smallest absolute Gasteiger partial charge is 0.416 e. The summed E-state index contributed by atoms with van der Waals surface area (Å²) in [7, 11) is 0. The molecule has 1 aromatic heterocycles. The minimum Gasteiger partial charge on any atom is -1.00 e. The largest absolute Gasteiger partial charge is 1.00 e. The summed E-state index contributed by atoms with van der Waals surface area (Å²) in [6.07, 6.45) is 0.648. The summed E-state index contributed by atoms with van der Waals surface area (Å²) >= 11 is 0. The Balaban J connectivity index is 0.00000274. The highest BCUT2D eigenvalue weighted by Crippen LogP contribution is 2.48. The number of fused-ring (bicyclic) bond motifs is 4. The minimum absolute atomic E-state index is 0. The molecular formula is C27H28ClF3N2O. The van der Waals surface area contributed by atoms with Crippen molar-refractivity contribution in [3.63, 3.8) is 0 Å². The molecule has 34 heavy (non-hydrogen) atoms. The first-order valence-corrected chi connectivity index (χ1v) is 11.5. The van der Waals surface area contributed by atoms with E-state index in [0.29, 0.717) is 22.9 Å². The quantitative estimate of drug-likeness (QED) is 0.442. The molecule has 3 aliphatic heterocycles. The molecule has 6 rings (SSSR count). The predicted molar refractivity (Wildman–Crippen MR) is 122 cm³/mol. The molecular weight excluding hydrogens is 461 g/mol. The van der Waals surface area contributed by atoms with Crippen molar-refractivity contribution in [2.75, 3.05) is 13.1 Å². The van der Waals surface area contributed by atoms with Crippen LogP contribution in [-0.4, -0.2) is 33.7 Å². The van der Waals surface area contributed by atoms with Gasteiger partial charge in [0.05, 0.1) is 24.2 Å². The Labute approximate surface area is 203 Å². The summed E-state index contributed by atoms with van der Waals surface area (Å²) in [5.74, 6) is 0.827. The number of alkyl halides is 3. The van der Waals surface area contributed by atoms with Gasteiger partial charge in [0.25, 0.3) is 0 Å². The van der Waals surface area contributed by atoms with Crippen LogP contribution in [-0.2, 0) is 12.7 Å². The Morgan fingerprint density at radius 2 is 1.85 bits per heavy atom. The van der Waals surface area contributed by atoms with Gasteiger partial charge in [-0.3, -0.25) is 4.98 Å². The van der Waals surface area contributed by atoms with Gasteiger partial charge in [-0.25, -0.2) is 0 Å². The van der Waals surface area contributed by atoms with E-state index in [4.69, 9.17) is 0 Å². The van der Waals surface area contributed by atoms with Crippen LogP contribution in [0.4, 0.5) is 13.2 Å². The normalized spacial score (nSPS) is 27.2. The van der Waals surface area contributed by atoms with Crippen molar-refractivity contribution in [2.24, 2.45) is 11.8 Å². The molecule has 0 saturated carbocycles. The summed E-state index contributed by atoms with van der Waals surface area (Å²) in [6, 6.07) is 15.2. The topological polar surface area (TPSA) is 33.1 Å². The number of benzene rings is 2. The fourth-order valence-electron chi connectivity index (χ4n) is 6.13. The first-order valence-electron chi connectivity index (χ1n) is 11.5. The van der Waals surface area contributed by atoms with Gasteiger partial charge in [-0.15, -0.1) is 6.58 Å². The molecule has 180 valence electrons. The number of pyridine rings is 1. The van der Waals surface area contributed by atoms with Crippen molar-refractivity contribution in [1.82, 2.24) is 4.98 Å². The SMILES string of the molecule is C=C[C@H]1C[N@+]2(Cc3ccc(C(F)(F)F)cc3)CC[C@H]1C[C@H]2[C@H](O)c1ccnc2ccccc12.[Cl-]. The van der Waals surface area contributed by atoms with Crippen LogP contribution < -0.4 is 12.4 Å². The van der Waals surface area contributed by atoms with Gasteiger partial charge in [0, 0.05) is 35.9 Å². The van der Waals surface area contributed by atoms with E-state index < -0.39 is 17.8 Å². The van der Waals surface area contributed by atoms with Gasteiger partial charge < -0.3 is 22.0 Å². The first-order chi connectivity index (χ1) is 15.8. The molecule has 5 atom stereocenters. The molecule has 0 spiro atoms. The molecule has 3 aliphatic rings. The predicted octanol–water partition coefficient (Wildman–Crippen LogP) is 2.90. The van der Waals surface area contributed by atoms with E-state index in [1.165, 1.54) is 0 Å². The number of aliphatic hydroxyl groups is 1. The van der Waals surface area contributed by atoms with Crippen LogP contribution in [0.25, 0.3) is 10.9 Å². The lowest BCUT2D eigenvalue weighted by Crippen LogP contribution is -3.00. The highest BCUT2D eigenvalue weighted by Gasteiger charge is 2.54. The van der Waals surface area contributed by atoms with E-state index in [0.717, 1.165) is 60.1 Å². The van der Waals surface area contributed by atoms with Crippen molar-refractivity contribution < 1.29 is 35.2 Å². The number of hydrogen-bond donors (Lipinski definition) is 1. The number of piperidine rings is 3. The van der Waals surface area contributed by atoms with Crippen LogP contribution >= 0.6 is 0 Å². The summed E-state index contributed by atoms with van der Waals surface area (Å²) in [5, 5.41) is 12.6. The second kappa shape index (κ2) is 9.33. The standard InChI is InChI=1S/C27H28F3N2O.ClH/c1-2-19-17-32(16-18-7-9-21(10-8-18)27(28,29)30)14-12-20(19)15-25(32)26(33)23-11-13-31-24-6-4-3-5-22(23)24;/h2-11,13,19-20,25-26,33H,1,12,14-17H2;1H/q+1;/p-1/t19-,20-,25-,26+,32+;/m0./s1. The first kappa shape index (κ1) is 24.7. The van der Waals surface area contributed by atoms with Crippen molar-refractivity contribution in [3.05, 3.63) is 90.1 Å². The van der Waals surface area contributed by atoms with Crippen LogP contribution in [0.5, 0.6) is 0 Å². The summed E-state index contributed by atoms with van der Waals surface area (Å²) in [6.45, 7) is 6.39. The summed E-state index contributed by atoms with van der Waals surface area (Å²) in [5.41, 5.74) is 1.96. The lowest BCUT2D eigenvalue weighted by molar-refractivity contribution is -0.984. The van der Waals surface area contributed by atoms with E-state index in [1.807, 2.05) is 36.4 Å². The maximum Gasteiger partial charge on any atom is 0.416 e. The second-order valence-corrected chi connectivity index (χ2v) is 9.59. The van der Waals surface area contributed by atoms with Gasteiger partial charge in [0.15, 0.2) is 0 Å². The molecule has 0 amide bonds. The van der Waals surface area contributed by atoms with Crippen LogP contribution in [0.3, 0.4) is 0 Å². The lowest BCUT2D eigenvalue weighted by atomic mass is 9.71. The monoisotopic (exact) mass is 488 g/mol. The number of rotatable bonds is 5. The van der Waals surface area contributed by atoms with Gasteiger partial charge in [-0.1, -0.05) is 36.4 Å². The van der Waals surface area contributed by atoms with Gasteiger partial charge >= 0.3 is 6.18 Å². The van der Waals surface area contributed by atoms with Crippen molar-refractivity contribution >= 4 is 10.9 Å². The molecule has 7 heteroatoms. The van der Waals surface area contributed by atoms with Crippen molar-refractivity contribution in [2.45, 2.75) is 37.7 Å². The molecule has 0 unspecified atom stereocenters. The Hall–Kier alpha value is -2.41. The molecule has 0 radical (unpaired) electrons. The molecule has 3 saturated heterocycles. The molecule has 0 aliphatic carbocycles. The summed E-state index contributed by atoms with van der Waals surface area (Å²) in [4.78, 5) is 4.43. The maximum absolute atomic E-state index is 13.1. The second-order valence-electron chi connectivity index (χ2n) is 9.59. The fraction of sp³-hybridized carbons (Fsp3) is 0.370. The van der Waals surface area contributed by atoms with Gasteiger partial charge in [-0.05, 0) is 35.7 Å². The third-order valence-corrected chi connectivity index (χ3v) is 7.82. The number of nitrogens with zero attached hydrogens (tertiary/aromatic N) is 2. The lowest BCUT2D eigenvalue weighted by Gasteiger charge is -2.58.